The lowest BCUT2D eigenvalue weighted by Crippen LogP contribution is -1.95. The number of allylic oxidation sites excluding steroid dienone is 2. The standard InChI is InChI=1S/C19H14F4O4.CH4/c1-9-15(22)10(7-13(20)17(9)25)3-5-12(24)6-4-11-8-14(21)18(26)19(27-2)16(11)23;/h3-8,25-26H,1-2H3;1H4/b5-3+,6-4+;. The Bertz CT molecular complexity index is 966. The molecular weight excluding hydrogens is 380 g/mol. The molecule has 0 aliphatic heterocycles. The van der Waals surface area contributed by atoms with Gasteiger partial charge in [-0.15, -0.1) is 0 Å². The molecule has 0 bridgehead atoms. The minimum absolute atomic E-state index is 0. The van der Waals surface area contributed by atoms with E-state index in [4.69, 9.17) is 0 Å². The Morgan fingerprint density at radius 3 is 1.89 bits per heavy atom. The number of benzene rings is 2. The van der Waals surface area contributed by atoms with Crippen LogP contribution in [0, 0.1) is 30.2 Å². The molecule has 2 rings (SSSR count). The summed E-state index contributed by atoms with van der Waals surface area (Å²) in [6.45, 7) is 1.17. The van der Waals surface area contributed by atoms with Gasteiger partial charge in [0.05, 0.1) is 7.11 Å². The van der Waals surface area contributed by atoms with E-state index >= 15 is 0 Å². The molecule has 0 heterocycles. The molecule has 2 aromatic carbocycles. The minimum Gasteiger partial charge on any atom is -0.505 e. The average molecular weight is 398 g/mol. The lowest BCUT2D eigenvalue weighted by atomic mass is 10.1. The summed E-state index contributed by atoms with van der Waals surface area (Å²) in [7, 11) is 1.03. The van der Waals surface area contributed by atoms with E-state index in [1.807, 2.05) is 0 Å². The smallest absolute Gasteiger partial charge is 0.200 e. The summed E-state index contributed by atoms with van der Waals surface area (Å²) in [6, 6.07) is 1.38. The number of aromatic hydroxyl groups is 2. The highest BCUT2D eigenvalue weighted by Gasteiger charge is 2.17. The molecule has 150 valence electrons. The largest absolute Gasteiger partial charge is 0.505 e. The molecule has 0 radical (unpaired) electrons. The van der Waals surface area contributed by atoms with Gasteiger partial charge in [-0.25, -0.2) is 17.6 Å². The molecule has 28 heavy (non-hydrogen) atoms. The van der Waals surface area contributed by atoms with Crippen LogP contribution in [0.25, 0.3) is 12.2 Å². The number of hydrogen-bond donors (Lipinski definition) is 2. The number of rotatable bonds is 5. The maximum atomic E-state index is 14.0. The van der Waals surface area contributed by atoms with Crippen molar-refractivity contribution in [3.63, 3.8) is 0 Å². The Kier molecular flexibility index (Phi) is 7.37. The van der Waals surface area contributed by atoms with Crippen molar-refractivity contribution in [3.05, 3.63) is 64.2 Å². The number of carbonyl (C=O) groups excluding carboxylic acids is 1. The van der Waals surface area contributed by atoms with Crippen LogP contribution >= 0.6 is 0 Å². The van der Waals surface area contributed by atoms with Crippen molar-refractivity contribution >= 4 is 17.9 Å². The first-order valence-electron chi connectivity index (χ1n) is 7.50. The molecule has 0 aliphatic carbocycles. The highest BCUT2D eigenvalue weighted by Crippen LogP contribution is 2.34. The van der Waals surface area contributed by atoms with Crippen LogP contribution in [0.2, 0.25) is 0 Å². The topological polar surface area (TPSA) is 66.8 Å². The molecule has 0 aliphatic rings. The third-order valence-corrected chi connectivity index (χ3v) is 3.68. The summed E-state index contributed by atoms with van der Waals surface area (Å²) >= 11 is 0. The SMILES string of the molecule is C.COc1c(O)c(F)cc(/C=C/C(=O)/C=C/c2cc(F)c(O)c(C)c2F)c1F. The van der Waals surface area contributed by atoms with E-state index in [1.54, 1.807) is 0 Å². The molecule has 4 nitrogen and oxygen atoms in total. The summed E-state index contributed by atoms with van der Waals surface area (Å²) in [4.78, 5) is 11.8. The Morgan fingerprint density at radius 1 is 0.929 bits per heavy atom. The molecule has 0 atom stereocenters. The molecule has 0 unspecified atom stereocenters. The van der Waals surface area contributed by atoms with Crippen LogP contribution in [-0.4, -0.2) is 23.1 Å². The van der Waals surface area contributed by atoms with E-state index in [0.717, 1.165) is 31.4 Å². The zero-order valence-corrected chi connectivity index (χ0v) is 14.2. The van der Waals surface area contributed by atoms with Crippen LogP contribution in [0.4, 0.5) is 17.6 Å². The Hall–Kier alpha value is -3.29. The van der Waals surface area contributed by atoms with E-state index in [0.29, 0.717) is 12.1 Å². The highest BCUT2D eigenvalue weighted by atomic mass is 19.1. The first kappa shape index (κ1) is 22.8. The number of phenolic OH excluding ortho intramolecular Hbond substituents is 2. The Morgan fingerprint density at radius 2 is 1.39 bits per heavy atom. The van der Waals surface area contributed by atoms with Crippen LogP contribution < -0.4 is 4.74 Å². The van der Waals surface area contributed by atoms with Gasteiger partial charge in [0.15, 0.2) is 40.5 Å². The molecule has 2 aromatic rings. The van der Waals surface area contributed by atoms with Crippen molar-refractivity contribution in [1.29, 1.82) is 0 Å². The average Bonchev–Trinajstić information content (AvgIpc) is 2.64. The highest BCUT2D eigenvalue weighted by molar-refractivity contribution is 6.04. The number of halogens is 4. The van der Waals surface area contributed by atoms with Gasteiger partial charge in [-0.2, -0.15) is 0 Å². The van der Waals surface area contributed by atoms with Crippen LogP contribution in [0.5, 0.6) is 17.2 Å². The summed E-state index contributed by atoms with van der Waals surface area (Å²) in [6.07, 6.45) is 3.67. The van der Waals surface area contributed by atoms with Crippen LogP contribution in [-0.2, 0) is 4.79 Å². The maximum absolute atomic E-state index is 14.0. The van der Waals surface area contributed by atoms with Gasteiger partial charge in [0.1, 0.15) is 5.82 Å². The summed E-state index contributed by atoms with van der Waals surface area (Å²) in [5.41, 5.74) is -0.943. The van der Waals surface area contributed by atoms with Crippen molar-refractivity contribution in [3.8, 4) is 17.2 Å². The van der Waals surface area contributed by atoms with E-state index in [1.165, 1.54) is 6.92 Å². The summed E-state index contributed by atoms with van der Waals surface area (Å²) in [5.74, 6) is -7.45. The molecule has 0 spiro atoms. The van der Waals surface area contributed by atoms with Gasteiger partial charge in [-0.05, 0) is 43.4 Å². The Balaban J connectivity index is 0.00000392. The fraction of sp³-hybridized carbons (Fsp3) is 0.150. The number of hydrogen-bond acceptors (Lipinski definition) is 4. The zero-order valence-electron chi connectivity index (χ0n) is 14.2. The van der Waals surface area contributed by atoms with Gasteiger partial charge < -0.3 is 14.9 Å². The van der Waals surface area contributed by atoms with Crippen molar-refractivity contribution in [2.24, 2.45) is 0 Å². The number of ether oxygens (including phenoxy) is 1. The fourth-order valence-electron chi connectivity index (χ4n) is 2.21. The molecule has 0 aromatic heterocycles. The van der Waals surface area contributed by atoms with Crippen molar-refractivity contribution in [1.82, 2.24) is 0 Å². The van der Waals surface area contributed by atoms with Gasteiger partial charge in [0, 0.05) is 16.7 Å². The van der Waals surface area contributed by atoms with Gasteiger partial charge in [-0.3, -0.25) is 4.79 Å². The predicted octanol–water partition coefficient (Wildman–Crippen LogP) is 4.90. The molecular formula is C20H18F4O4. The first-order chi connectivity index (χ1) is 12.7. The predicted molar refractivity (Wildman–Crippen MR) is 97.1 cm³/mol. The molecule has 0 saturated carbocycles. The summed E-state index contributed by atoms with van der Waals surface area (Å²) < 4.78 is 59.5. The van der Waals surface area contributed by atoms with Gasteiger partial charge in [0.25, 0.3) is 0 Å². The fourth-order valence-corrected chi connectivity index (χ4v) is 2.21. The second-order valence-corrected chi connectivity index (χ2v) is 5.45. The van der Waals surface area contributed by atoms with Gasteiger partial charge >= 0.3 is 0 Å². The molecule has 2 N–H and O–H groups in total. The van der Waals surface area contributed by atoms with Crippen LogP contribution in [0.3, 0.4) is 0 Å². The zero-order chi connectivity index (χ0) is 20.3. The maximum Gasteiger partial charge on any atom is 0.200 e. The second-order valence-electron chi connectivity index (χ2n) is 5.45. The Labute approximate surface area is 159 Å². The van der Waals surface area contributed by atoms with Crippen LogP contribution in [0.1, 0.15) is 24.1 Å². The van der Waals surface area contributed by atoms with Gasteiger partial charge in [0.2, 0.25) is 0 Å². The molecule has 0 amide bonds. The van der Waals surface area contributed by atoms with Crippen molar-refractivity contribution in [2.45, 2.75) is 14.4 Å². The number of ketones is 1. The van der Waals surface area contributed by atoms with E-state index < -0.39 is 46.3 Å². The quantitative estimate of drug-likeness (QED) is 0.555. The van der Waals surface area contributed by atoms with Crippen molar-refractivity contribution < 1.29 is 37.3 Å². The second kappa shape index (κ2) is 9.07. The number of phenols is 2. The normalized spacial score (nSPS) is 11.1. The van der Waals surface area contributed by atoms with Gasteiger partial charge in [-0.1, -0.05) is 7.43 Å². The van der Waals surface area contributed by atoms with Crippen molar-refractivity contribution in [2.75, 3.05) is 7.11 Å². The lowest BCUT2D eigenvalue weighted by molar-refractivity contribution is -0.110. The molecule has 0 fully saturated rings. The third-order valence-electron chi connectivity index (χ3n) is 3.68. The number of carbonyl (C=O) groups is 1. The summed E-state index contributed by atoms with van der Waals surface area (Å²) in [5, 5.41) is 18.7. The molecule has 0 saturated heterocycles. The minimum atomic E-state index is -1.15. The van der Waals surface area contributed by atoms with E-state index in [2.05, 4.69) is 4.74 Å². The first-order valence-corrected chi connectivity index (χ1v) is 7.50. The monoisotopic (exact) mass is 398 g/mol. The van der Waals surface area contributed by atoms with E-state index in [-0.39, 0.29) is 24.1 Å². The third kappa shape index (κ3) is 4.51. The molecule has 8 heteroatoms. The van der Waals surface area contributed by atoms with Crippen LogP contribution in [0.15, 0.2) is 24.3 Å². The lowest BCUT2D eigenvalue weighted by Gasteiger charge is -2.07. The number of methoxy groups -OCH3 is 1. The van der Waals surface area contributed by atoms with E-state index in [9.17, 15) is 32.6 Å².